The van der Waals surface area contributed by atoms with Crippen LogP contribution in [0.4, 0.5) is 8.63 Å². The maximum atomic E-state index is 9.50. The van der Waals surface area contributed by atoms with Crippen LogP contribution in [0.3, 0.4) is 0 Å². The van der Waals surface area contributed by atoms with Gasteiger partial charge in [-0.1, -0.05) is 7.43 Å². The summed E-state index contributed by atoms with van der Waals surface area (Å²) in [5, 5.41) is 29.1. The molecule has 66 valence electrons. The zero-order chi connectivity index (χ0) is 9.54. The van der Waals surface area contributed by atoms with Crippen LogP contribution in [0.25, 0.3) is 0 Å². The first-order valence-corrected chi connectivity index (χ1v) is 1.83. The summed E-state index contributed by atoms with van der Waals surface area (Å²) in [6.07, 6.45) is 0. The van der Waals surface area contributed by atoms with E-state index in [9.17, 15) is 8.63 Å². The fourth-order valence-corrected chi connectivity index (χ4v) is 0. The minimum Gasteiger partial charge on any atom is -1.00 e. The largest absolute Gasteiger partial charge is 1.00 e. The van der Waals surface area contributed by atoms with Crippen molar-refractivity contribution in [3.63, 3.8) is 0 Å². The van der Waals surface area contributed by atoms with Crippen molar-refractivity contribution in [3.8, 4) is 24.3 Å². The molecule has 0 bridgehead atoms. The first-order chi connectivity index (χ1) is 5.24. The Balaban J connectivity index is -0.0000000114. The van der Waals surface area contributed by atoms with E-state index in [0.29, 0.717) is 0 Å². The maximum absolute atomic E-state index is 9.50. The molecule has 0 heterocycles. The van der Waals surface area contributed by atoms with Gasteiger partial charge in [0.25, 0.3) is 0 Å². The maximum Gasteiger partial charge on any atom is 1.00 e. The van der Waals surface area contributed by atoms with Gasteiger partial charge in [0, 0.05) is 0 Å². The molecule has 0 aliphatic heterocycles. The Morgan fingerprint density at radius 2 is 0.800 bits per heavy atom. The van der Waals surface area contributed by atoms with Crippen LogP contribution in [-0.2, 0) is 0 Å². The predicted molar refractivity (Wildman–Crippen MR) is 42.9 cm³/mol. The summed E-state index contributed by atoms with van der Waals surface area (Å²) in [7, 11) is -1.00. The second-order valence-electron chi connectivity index (χ2n) is 0.530. The van der Waals surface area contributed by atoms with E-state index in [4.69, 9.17) is 21.0 Å². The summed E-state index contributed by atoms with van der Waals surface area (Å²) < 4.78 is 19.0. The molecule has 15 heavy (non-hydrogen) atoms. The summed E-state index contributed by atoms with van der Waals surface area (Å²) in [4.78, 5) is 0. The number of nitriles is 4. The average molecular weight is 226 g/mol. The number of nitrogens with zero attached hydrogens (tertiary/aromatic N) is 4. The fraction of sp³-hybridized carbons (Fsp3) is 0.200. The quantitative estimate of drug-likeness (QED) is 0.385. The molecule has 0 aliphatic carbocycles. The minimum absolute atomic E-state index is 0. The van der Waals surface area contributed by atoms with Crippen LogP contribution in [-0.4, -0.2) is 16.2 Å². The van der Waals surface area contributed by atoms with Gasteiger partial charge in [-0.2, -0.15) is 21.0 Å². The third-order valence-electron chi connectivity index (χ3n) is 0.100. The molecular weight excluding hydrogens is 222 g/mol. The van der Waals surface area contributed by atoms with Gasteiger partial charge in [0.05, 0.1) is 0 Å². The molecule has 0 aromatic carbocycles. The molecule has 0 spiro atoms. The van der Waals surface area contributed by atoms with E-state index < -0.39 is 7.83 Å². The van der Waals surface area contributed by atoms with Gasteiger partial charge in [0.1, 0.15) is 7.83 Å². The number of halogens is 2. The zero-order valence-electron chi connectivity index (χ0n) is 7.70. The van der Waals surface area contributed by atoms with Crippen LogP contribution in [0.5, 0.6) is 0 Å². The van der Waals surface area contributed by atoms with Gasteiger partial charge in [-0.25, -0.2) is 0 Å². The standard InChI is InChI=1S/2C2N2.CH4.BF2.B.2Na/c2*3-1-2-4;;2-1-3;;;/h;;1H4;;;;/q;;;2*-1;2*+1. The Hall–Kier alpha value is -0.0501. The van der Waals surface area contributed by atoms with Crippen molar-refractivity contribution >= 4 is 16.2 Å². The van der Waals surface area contributed by atoms with Crippen molar-refractivity contribution in [2.45, 2.75) is 7.43 Å². The first kappa shape index (κ1) is 46.0. The molecule has 0 aliphatic rings. The number of rotatable bonds is 0. The van der Waals surface area contributed by atoms with Crippen LogP contribution >= 0.6 is 0 Å². The van der Waals surface area contributed by atoms with Gasteiger partial charge in [-0.15, -0.1) is 0 Å². The van der Waals surface area contributed by atoms with E-state index in [1.54, 1.807) is 0 Å². The van der Waals surface area contributed by atoms with E-state index in [0.717, 1.165) is 0 Å². The zero-order valence-corrected chi connectivity index (χ0v) is 11.7. The van der Waals surface area contributed by atoms with Gasteiger partial charge >= 0.3 is 59.1 Å². The van der Waals surface area contributed by atoms with Crippen molar-refractivity contribution in [2.75, 3.05) is 0 Å². The van der Waals surface area contributed by atoms with Crippen LogP contribution in [0, 0.1) is 45.3 Å². The summed E-state index contributed by atoms with van der Waals surface area (Å²) in [6, 6.07) is 4.94. The average Bonchev–Trinajstić information content (AvgIpc) is 2.06. The van der Waals surface area contributed by atoms with Crippen molar-refractivity contribution in [3.05, 3.63) is 0 Å². The number of hydrogen-bond acceptors (Lipinski definition) is 4. The summed E-state index contributed by atoms with van der Waals surface area (Å²) in [6.45, 7) is 0. The summed E-state index contributed by atoms with van der Waals surface area (Å²) >= 11 is 0. The smallest absolute Gasteiger partial charge is 1.00 e. The Morgan fingerprint density at radius 1 is 0.733 bits per heavy atom. The molecule has 0 atom stereocenters. The van der Waals surface area contributed by atoms with E-state index in [1.807, 2.05) is 0 Å². The Bertz CT molecular complexity index is 179. The summed E-state index contributed by atoms with van der Waals surface area (Å²) in [5.41, 5.74) is 0. The molecule has 0 aromatic rings. The molecule has 0 aromatic heterocycles. The van der Waals surface area contributed by atoms with Crippen molar-refractivity contribution in [2.24, 2.45) is 0 Å². The minimum atomic E-state index is -1.00. The van der Waals surface area contributed by atoms with Crippen molar-refractivity contribution in [1.29, 1.82) is 21.0 Å². The molecule has 0 unspecified atom stereocenters. The second kappa shape index (κ2) is 95.5. The van der Waals surface area contributed by atoms with Crippen molar-refractivity contribution < 1.29 is 67.7 Å². The molecule has 0 saturated heterocycles. The van der Waals surface area contributed by atoms with E-state index >= 15 is 0 Å². The molecule has 0 N–H and O–H groups in total. The van der Waals surface area contributed by atoms with Gasteiger partial charge in [0.15, 0.2) is 24.3 Å². The van der Waals surface area contributed by atoms with Crippen LogP contribution in [0.15, 0.2) is 0 Å². The topological polar surface area (TPSA) is 95.2 Å². The van der Waals surface area contributed by atoms with Gasteiger partial charge in [0.2, 0.25) is 0 Å². The Kier molecular flexibility index (Phi) is 293. The van der Waals surface area contributed by atoms with Crippen LogP contribution in [0.2, 0.25) is 0 Å². The molecular formula is C5H4B2F2N4Na2. The second-order valence-corrected chi connectivity index (χ2v) is 0.530. The number of hydrogen-bond donors (Lipinski definition) is 0. The fourth-order valence-electron chi connectivity index (χ4n) is 0. The normalized spacial score (nSPS) is 2.53. The van der Waals surface area contributed by atoms with Gasteiger partial charge < -0.3 is 17.0 Å². The SMILES string of the molecule is C.F[B-]F.N#CC#N.N#CC#N.[B-].[Na+].[Na+]. The molecule has 0 rings (SSSR count). The van der Waals surface area contributed by atoms with Crippen LogP contribution in [0.1, 0.15) is 7.43 Å². The molecule has 6 radical (unpaired) electrons. The first-order valence-electron chi connectivity index (χ1n) is 1.83. The molecule has 0 fully saturated rings. The monoisotopic (exact) mass is 226 g/mol. The predicted octanol–water partition coefficient (Wildman–Crippen LogP) is -5.21. The van der Waals surface area contributed by atoms with E-state index in [2.05, 4.69) is 0 Å². The molecule has 0 saturated carbocycles. The Labute approximate surface area is 135 Å². The molecule has 0 amide bonds. The van der Waals surface area contributed by atoms with E-state index in [1.165, 1.54) is 24.3 Å². The van der Waals surface area contributed by atoms with Crippen LogP contribution < -0.4 is 59.1 Å². The van der Waals surface area contributed by atoms with Crippen molar-refractivity contribution in [1.82, 2.24) is 0 Å². The third-order valence-corrected chi connectivity index (χ3v) is 0.100. The van der Waals surface area contributed by atoms with Gasteiger partial charge in [-0.05, 0) is 0 Å². The molecule has 4 nitrogen and oxygen atoms in total. The summed E-state index contributed by atoms with van der Waals surface area (Å²) in [5.74, 6) is 0. The Morgan fingerprint density at radius 3 is 0.800 bits per heavy atom. The van der Waals surface area contributed by atoms with Gasteiger partial charge in [-0.3, -0.25) is 0 Å². The van der Waals surface area contributed by atoms with E-state index in [-0.39, 0.29) is 75.0 Å². The molecule has 10 heteroatoms. The third kappa shape index (κ3) is 524.